The van der Waals surface area contributed by atoms with E-state index in [0.717, 1.165) is 25.8 Å². The van der Waals surface area contributed by atoms with Crippen LogP contribution in [0.2, 0.25) is 0 Å². The van der Waals surface area contributed by atoms with Crippen molar-refractivity contribution in [3.05, 3.63) is 24.3 Å². The molecule has 0 aromatic carbocycles. The van der Waals surface area contributed by atoms with Crippen LogP contribution in [0.3, 0.4) is 0 Å². The van der Waals surface area contributed by atoms with Gasteiger partial charge in [-0.2, -0.15) is 0 Å². The van der Waals surface area contributed by atoms with E-state index in [1.807, 2.05) is 4.90 Å². The molecule has 0 unspecified atom stereocenters. The quantitative estimate of drug-likeness (QED) is 0.812. The van der Waals surface area contributed by atoms with E-state index in [4.69, 9.17) is 0 Å². The third kappa shape index (κ3) is 3.04. The van der Waals surface area contributed by atoms with E-state index in [0.29, 0.717) is 25.3 Å². The van der Waals surface area contributed by atoms with Crippen LogP contribution in [0, 0.1) is 5.92 Å². The molecule has 2 heterocycles. The van der Waals surface area contributed by atoms with Crippen LogP contribution in [-0.2, 0) is 4.79 Å². The van der Waals surface area contributed by atoms with Crippen LogP contribution in [0.15, 0.2) is 18.6 Å². The van der Waals surface area contributed by atoms with Gasteiger partial charge in [-0.05, 0) is 19.3 Å². The van der Waals surface area contributed by atoms with E-state index in [1.54, 1.807) is 11.1 Å². The highest BCUT2D eigenvalue weighted by molar-refractivity contribution is 5.92. The summed E-state index contributed by atoms with van der Waals surface area (Å²) in [7, 11) is 0. The summed E-state index contributed by atoms with van der Waals surface area (Å²) in [4.78, 5) is 36.3. The van der Waals surface area contributed by atoms with E-state index >= 15 is 0 Å². The summed E-state index contributed by atoms with van der Waals surface area (Å²) in [5.41, 5.74) is 0.372. The third-order valence-electron chi connectivity index (χ3n) is 4.33. The normalized spacial score (nSPS) is 19.8. The number of nitrogens with zero attached hydrogens (tertiary/aromatic N) is 4. The fourth-order valence-corrected chi connectivity index (χ4v) is 2.83. The van der Waals surface area contributed by atoms with Crippen LogP contribution >= 0.6 is 0 Å². The lowest BCUT2D eigenvalue weighted by molar-refractivity contribution is -0.138. The predicted molar refractivity (Wildman–Crippen MR) is 76.5 cm³/mol. The number of aromatic nitrogens is 2. The van der Waals surface area contributed by atoms with Crippen LogP contribution in [0.5, 0.6) is 0 Å². The third-order valence-corrected chi connectivity index (χ3v) is 4.33. The topological polar surface area (TPSA) is 66.4 Å². The second kappa shape index (κ2) is 6.20. The zero-order chi connectivity index (χ0) is 14.7. The van der Waals surface area contributed by atoms with E-state index < -0.39 is 0 Å². The van der Waals surface area contributed by atoms with Gasteiger partial charge in [-0.3, -0.25) is 14.6 Å². The molecule has 2 amide bonds. The van der Waals surface area contributed by atoms with E-state index in [-0.39, 0.29) is 17.7 Å². The van der Waals surface area contributed by atoms with Gasteiger partial charge in [0.15, 0.2) is 0 Å². The van der Waals surface area contributed by atoms with Gasteiger partial charge in [0.05, 0.1) is 6.20 Å². The van der Waals surface area contributed by atoms with Crippen LogP contribution in [0.4, 0.5) is 0 Å². The molecule has 3 rings (SSSR count). The molecule has 1 aromatic rings. The van der Waals surface area contributed by atoms with E-state index in [1.165, 1.54) is 18.8 Å². The molecule has 1 aliphatic heterocycles. The van der Waals surface area contributed by atoms with E-state index in [2.05, 4.69) is 9.97 Å². The van der Waals surface area contributed by atoms with Crippen molar-refractivity contribution in [1.29, 1.82) is 0 Å². The van der Waals surface area contributed by atoms with Crippen molar-refractivity contribution in [2.45, 2.75) is 25.7 Å². The minimum absolute atomic E-state index is 0.0963. The molecule has 0 N–H and O–H groups in total. The van der Waals surface area contributed by atoms with Crippen LogP contribution in [0.25, 0.3) is 0 Å². The van der Waals surface area contributed by atoms with Crippen LogP contribution in [-0.4, -0.2) is 57.8 Å². The maximum atomic E-state index is 12.4. The lowest BCUT2D eigenvalue weighted by Crippen LogP contribution is -2.41. The number of hydrogen-bond donors (Lipinski definition) is 0. The maximum absolute atomic E-state index is 12.4. The van der Waals surface area contributed by atoms with Gasteiger partial charge in [-0.15, -0.1) is 0 Å². The zero-order valence-electron chi connectivity index (χ0n) is 12.1. The Bertz CT molecular complexity index is 516. The second-order valence-corrected chi connectivity index (χ2v) is 5.69. The number of rotatable bonds is 2. The van der Waals surface area contributed by atoms with Crippen molar-refractivity contribution >= 4 is 11.8 Å². The highest BCUT2D eigenvalue weighted by atomic mass is 16.2. The van der Waals surface area contributed by atoms with Gasteiger partial charge in [0.1, 0.15) is 5.69 Å². The Kier molecular flexibility index (Phi) is 4.13. The van der Waals surface area contributed by atoms with Gasteiger partial charge in [0, 0.05) is 44.5 Å². The van der Waals surface area contributed by atoms with Gasteiger partial charge < -0.3 is 9.80 Å². The summed E-state index contributed by atoms with van der Waals surface area (Å²) < 4.78 is 0. The summed E-state index contributed by atoms with van der Waals surface area (Å²) in [6.07, 6.45) is 8.61. The SMILES string of the molecule is O=C(c1cnccn1)N1CCCN(C(=O)C2CCC2)CC1. The molecular weight excluding hydrogens is 268 g/mol. The molecule has 6 heteroatoms. The molecule has 1 aliphatic carbocycles. The summed E-state index contributed by atoms with van der Waals surface area (Å²) in [6, 6.07) is 0. The first-order valence-corrected chi connectivity index (χ1v) is 7.60. The summed E-state index contributed by atoms with van der Waals surface area (Å²) in [5.74, 6) is 0.406. The highest BCUT2D eigenvalue weighted by Gasteiger charge is 2.31. The van der Waals surface area contributed by atoms with Crippen molar-refractivity contribution in [2.24, 2.45) is 5.92 Å². The van der Waals surface area contributed by atoms with Crippen molar-refractivity contribution in [3.8, 4) is 0 Å². The fraction of sp³-hybridized carbons (Fsp3) is 0.600. The lowest BCUT2D eigenvalue weighted by Gasteiger charge is -2.30. The minimum atomic E-state index is -0.0963. The summed E-state index contributed by atoms with van der Waals surface area (Å²) >= 11 is 0. The molecule has 0 spiro atoms. The minimum Gasteiger partial charge on any atom is -0.341 e. The Hall–Kier alpha value is -1.98. The molecule has 2 fully saturated rings. The van der Waals surface area contributed by atoms with Crippen LogP contribution in [0.1, 0.15) is 36.2 Å². The molecule has 0 bridgehead atoms. The van der Waals surface area contributed by atoms with Gasteiger partial charge in [0.25, 0.3) is 5.91 Å². The molecule has 21 heavy (non-hydrogen) atoms. The monoisotopic (exact) mass is 288 g/mol. The smallest absolute Gasteiger partial charge is 0.274 e. The summed E-state index contributed by atoms with van der Waals surface area (Å²) in [5, 5.41) is 0. The molecular formula is C15H20N4O2. The predicted octanol–water partition coefficient (Wildman–Crippen LogP) is 0.951. The second-order valence-electron chi connectivity index (χ2n) is 5.69. The Morgan fingerprint density at radius 3 is 2.43 bits per heavy atom. The van der Waals surface area contributed by atoms with Gasteiger partial charge in [-0.25, -0.2) is 4.98 Å². The molecule has 1 saturated carbocycles. The highest BCUT2D eigenvalue weighted by Crippen LogP contribution is 2.28. The average Bonchev–Trinajstić information content (AvgIpc) is 2.71. The van der Waals surface area contributed by atoms with Crippen LogP contribution < -0.4 is 0 Å². The first kappa shape index (κ1) is 14.0. The van der Waals surface area contributed by atoms with Gasteiger partial charge in [-0.1, -0.05) is 6.42 Å². The average molecular weight is 288 g/mol. The molecule has 112 valence electrons. The lowest BCUT2D eigenvalue weighted by atomic mass is 9.84. The number of hydrogen-bond acceptors (Lipinski definition) is 4. The molecule has 6 nitrogen and oxygen atoms in total. The summed E-state index contributed by atoms with van der Waals surface area (Å²) in [6.45, 7) is 2.62. The Labute approximate surface area is 124 Å². The fourth-order valence-electron chi connectivity index (χ4n) is 2.83. The Morgan fingerprint density at radius 1 is 1.00 bits per heavy atom. The van der Waals surface area contributed by atoms with Gasteiger partial charge >= 0.3 is 0 Å². The number of carbonyl (C=O) groups is 2. The number of carbonyl (C=O) groups excluding carboxylic acids is 2. The van der Waals surface area contributed by atoms with Crippen molar-refractivity contribution in [1.82, 2.24) is 19.8 Å². The van der Waals surface area contributed by atoms with Crippen molar-refractivity contribution in [3.63, 3.8) is 0 Å². The standard InChI is InChI=1S/C15H20N4O2/c20-14(12-3-1-4-12)18-7-2-8-19(10-9-18)15(21)13-11-16-5-6-17-13/h5-6,11-12H,1-4,7-10H2. The first-order chi connectivity index (χ1) is 10.3. The molecule has 1 saturated heterocycles. The largest absolute Gasteiger partial charge is 0.341 e. The Morgan fingerprint density at radius 2 is 1.76 bits per heavy atom. The molecule has 2 aliphatic rings. The first-order valence-electron chi connectivity index (χ1n) is 7.60. The van der Waals surface area contributed by atoms with E-state index in [9.17, 15) is 9.59 Å². The van der Waals surface area contributed by atoms with Crippen molar-refractivity contribution < 1.29 is 9.59 Å². The zero-order valence-corrected chi connectivity index (χ0v) is 12.1. The molecule has 0 radical (unpaired) electrons. The van der Waals surface area contributed by atoms with Gasteiger partial charge in [0.2, 0.25) is 5.91 Å². The van der Waals surface area contributed by atoms with Crippen molar-refractivity contribution in [2.75, 3.05) is 26.2 Å². The Balaban J connectivity index is 1.60. The molecule has 0 atom stereocenters. The molecule has 1 aromatic heterocycles. The maximum Gasteiger partial charge on any atom is 0.274 e. The number of amides is 2.